The van der Waals surface area contributed by atoms with Gasteiger partial charge in [-0.2, -0.15) is 0 Å². The zero-order chi connectivity index (χ0) is 12.8. The van der Waals surface area contributed by atoms with E-state index in [-0.39, 0.29) is 0 Å². The summed E-state index contributed by atoms with van der Waals surface area (Å²) in [5.74, 6) is 0.428. The number of H-pyrrole nitrogens is 1. The van der Waals surface area contributed by atoms with Crippen molar-refractivity contribution in [3.8, 4) is 0 Å². The molecule has 0 atom stereocenters. The van der Waals surface area contributed by atoms with Crippen molar-refractivity contribution < 1.29 is 8.42 Å². The highest BCUT2D eigenvalue weighted by atomic mass is 35.5. The summed E-state index contributed by atoms with van der Waals surface area (Å²) in [6.45, 7) is 3.25. The second kappa shape index (κ2) is 3.71. The first-order valence-corrected chi connectivity index (χ1v) is 7.34. The number of hydrogen-bond acceptors (Lipinski definition) is 3. The summed E-state index contributed by atoms with van der Waals surface area (Å²) in [7, 11) is -3.24. The summed E-state index contributed by atoms with van der Waals surface area (Å²) in [6.07, 6.45) is 1.20. The predicted molar refractivity (Wildman–Crippen MR) is 69.0 cm³/mol. The zero-order valence-corrected chi connectivity index (χ0v) is 11.4. The molecule has 0 aliphatic rings. The smallest absolute Gasteiger partial charge is 0.159 e. The third kappa shape index (κ3) is 2.05. The first-order chi connectivity index (χ1) is 7.72. The van der Waals surface area contributed by atoms with Crippen molar-refractivity contribution in [2.24, 2.45) is 0 Å². The van der Waals surface area contributed by atoms with E-state index >= 15 is 0 Å². The van der Waals surface area contributed by atoms with E-state index in [2.05, 4.69) is 9.97 Å². The minimum Gasteiger partial charge on any atom is -0.341 e. The van der Waals surface area contributed by atoms with Crippen LogP contribution in [0.5, 0.6) is 0 Å². The highest BCUT2D eigenvalue weighted by molar-refractivity contribution is 7.91. The van der Waals surface area contributed by atoms with Gasteiger partial charge in [0.25, 0.3) is 0 Å². The molecule has 92 valence electrons. The number of imidazole rings is 1. The quantitative estimate of drug-likeness (QED) is 0.914. The van der Waals surface area contributed by atoms with E-state index in [4.69, 9.17) is 11.6 Å². The van der Waals surface area contributed by atoms with Crippen molar-refractivity contribution >= 4 is 32.5 Å². The molecule has 17 heavy (non-hydrogen) atoms. The molecule has 1 aromatic carbocycles. The normalized spacial score (nSPS) is 13.2. The van der Waals surface area contributed by atoms with Gasteiger partial charge in [0.15, 0.2) is 9.84 Å². The fourth-order valence-corrected chi connectivity index (χ4v) is 2.06. The van der Waals surface area contributed by atoms with Gasteiger partial charge in [-0.25, -0.2) is 13.4 Å². The van der Waals surface area contributed by atoms with E-state index in [0.29, 0.717) is 16.4 Å². The molecule has 0 fully saturated rings. The van der Waals surface area contributed by atoms with Gasteiger partial charge in [-0.15, -0.1) is 0 Å². The van der Waals surface area contributed by atoms with Crippen LogP contribution >= 0.6 is 11.6 Å². The van der Waals surface area contributed by atoms with E-state index in [1.165, 1.54) is 6.26 Å². The maximum absolute atomic E-state index is 11.7. The number of aromatic amines is 1. The molecule has 1 N–H and O–H groups in total. The summed E-state index contributed by atoms with van der Waals surface area (Å²) in [6, 6.07) is 5.21. The number of halogens is 1. The van der Waals surface area contributed by atoms with Crippen molar-refractivity contribution in [3.05, 3.63) is 29.0 Å². The Bertz CT molecular complexity index is 674. The lowest BCUT2D eigenvalue weighted by Gasteiger charge is -2.19. The van der Waals surface area contributed by atoms with Crippen LogP contribution in [0, 0.1) is 0 Å². The molecule has 4 nitrogen and oxygen atoms in total. The van der Waals surface area contributed by atoms with Crippen LogP contribution in [-0.2, 0) is 14.6 Å². The van der Waals surface area contributed by atoms with Gasteiger partial charge in [-0.05, 0) is 32.0 Å². The van der Waals surface area contributed by atoms with Crippen LogP contribution in [0.25, 0.3) is 11.0 Å². The SMILES string of the molecule is CC(C)(c1nc2ccc(Cl)cc2[nH]1)S(C)(=O)=O. The topological polar surface area (TPSA) is 62.8 Å². The van der Waals surface area contributed by atoms with Crippen LogP contribution in [0.4, 0.5) is 0 Å². The number of fused-ring (bicyclic) bond motifs is 1. The van der Waals surface area contributed by atoms with Gasteiger partial charge in [-0.1, -0.05) is 11.6 Å². The molecule has 0 unspecified atom stereocenters. The molecular weight excluding hydrogens is 260 g/mol. The van der Waals surface area contributed by atoms with Crippen LogP contribution < -0.4 is 0 Å². The molecule has 0 aliphatic carbocycles. The third-order valence-corrected chi connectivity index (χ3v) is 5.22. The maximum Gasteiger partial charge on any atom is 0.159 e. The van der Waals surface area contributed by atoms with Gasteiger partial charge in [0.2, 0.25) is 0 Å². The number of hydrogen-bond donors (Lipinski definition) is 1. The summed E-state index contributed by atoms with van der Waals surface area (Å²) < 4.78 is 22.4. The van der Waals surface area contributed by atoms with Crippen molar-refractivity contribution in [2.75, 3.05) is 6.26 Å². The van der Waals surface area contributed by atoms with Gasteiger partial charge in [0, 0.05) is 11.3 Å². The Labute approximate surface area is 105 Å². The molecule has 0 amide bonds. The first-order valence-electron chi connectivity index (χ1n) is 5.07. The Morgan fingerprint density at radius 2 is 2.00 bits per heavy atom. The van der Waals surface area contributed by atoms with E-state index in [9.17, 15) is 8.42 Å². The number of nitrogens with zero attached hydrogens (tertiary/aromatic N) is 1. The molecule has 0 saturated heterocycles. The zero-order valence-electron chi connectivity index (χ0n) is 9.78. The molecule has 0 radical (unpaired) electrons. The Hall–Kier alpha value is -1.07. The van der Waals surface area contributed by atoms with Crippen LogP contribution in [0.2, 0.25) is 5.02 Å². The van der Waals surface area contributed by atoms with Crippen LogP contribution in [-0.4, -0.2) is 24.6 Å². The second-order valence-corrected chi connectivity index (χ2v) is 7.53. The Morgan fingerprint density at radius 1 is 1.35 bits per heavy atom. The average Bonchev–Trinajstić information content (AvgIpc) is 2.58. The van der Waals surface area contributed by atoms with Crippen LogP contribution in [0.1, 0.15) is 19.7 Å². The van der Waals surface area contributed by atoms with E-state index in [0.717, 1.165) is 5.52 Å². The number of sulfone groups is 1. The molecule has 6 heteroatoms. The molecule has 0 spiro atoms. The van der Waals surface area contributed by atoms with Gasteiger partial charge in [0.1, 0.15) is 10.6 Å². The summed E-state index contributed by atoms with van der Waals surface area (Å²) in [5, 5.41) is 0.588. The van der Waals surface area contributed by atoms with E-state index in [1.54, 1.807) is 32.0 Å². The average molecular weight is 273 g/mol. The van der Waals surface area contributed by atoms with E-state index < -0.39 is 14.6 Å². The van der Waals surface area contributed by atoms with E-state index in [1.807, 2.05) is 0 Å². The minimum atomic E-state index is -3.24. The summed E-state index contributed by atoms with van der Waals surface area (Å²) >= 11 is 5.87. The molecular formula is C11H13ClN2O2S. The van der Waals surface area contributed by atoms with Crippen molar-refractivity contribution in [2.45, 2.75) is 18.6 Å². The van der Waals surface area contributed by atoms with Crippen molar-refractivity contribution in [3.63, 3.8) is 0 Å². The Kier molecular flexibility index (Phi) is 2.71. The largest absolute Gasteiger partial charge is 0.341 e. The second-order valence-electron chi connectivity index (χ2n) is 4.53. The molecule has 2 aromatic rings. The van der Waals surface area contributed by atoms with Crippen LogP contribution in [0.3, 0.4) is 0 Å². The molecule has 0 aliphatic heterocycles. The highest BCUT2D eigenvalue weighted by Gasteiger charge is 2.35. The summed E-state index contributed by atoms with van der Waals surface area (Å²) in [4.78, 5) is 7.31. The first kappa shape index (κ1) is 12.4. The third-order valence-electron chi connectivity index (χ3n) is 2.94. The molecule has 2 rings (SSSR count). The van der Waals surface area contributed by atoms with Gasteiger partial charge >= 0.3 is 0 Å². The number of nitrogens with one attached hydrogen (secondary N) is 1. The monoisotopic (exact) mass is 272 g/mol. The van der Waals surface area contributed by atoms with Gasteiger partial charge in [-0.3, -0.25) is 0 Å². The van der Waals surface area contributed by atoms with Crippen molar-refractivity contribution in [1.29, 1.82) is 0 Å². The maximum atomic E-state index is 11.7. The summed E-state index contributed by atoms with van der Waals surface area (Å²) in [5.41, 5.74) is 1.45. The lowest BCUT2D eigenvalue weighted by Crippen LogP contribution is -2.29. The Morgan fingerprint density at radius 3 is 2.59 bits per heavy atom. The fraction of sp³-hybridized carbons (Fsp3) is 0.364. The standard InChI is InChI=1S/C11H13ClN2O2S/c1-11(2,17(3,15)16)10-13-8-5-4-7(12)6-9(8)14-10/h4-6H,1-3H3,(H,13,14). The van der Waals surface area contributed by atoms with Gasteiger partial charge < -0.3 is 4.98 Å². The number of aromatic nitrogens is 2. The minimum absolute atomic E-state index is 0.428. The van der Waals surface area contributed by atoms with Gasteiger partial charge in [0.05, 0.1) is 11.0 Å². The van der Waals surface area contributed by atoms with Crippen LogP contribution in [0.15, 0.2) is 18.2 Å². The molecule has 0 saturated carbocycles. The molecule has 0 bridgehead atoms. The highest BCUT2D eigenvalue weighted by Crippen LogP contribution is 2.29. The molecule has 1 aromatic heterocycles. The van der Waals surface area contributed by atoms with Crippen molar-refractivity contribution in [1.82, 2.24) is 9.97 Å². The number of benzene rings is 1. The number of rotatable bonds is 2. The Balaban J connectivity index is 2.65. The molecule has 1 heterocycles. The lowest BCUT2D eigenvalue weighted by molar-refractivity contribution is 0.553. The lowest BCUT2D eigenvalue weighted by atomic mass is 10.2. The fourth-order valence-electron chi connectivity index (χ4n) is 1.44. The predicted octanol–water partition coefficient (Wildman–Crippen LogP) is 2.50.